The Morgan fingerprint density at radius 3 is 2.36 bits per heavy atom. The number of likely N-dealkylation sites (tertiary alicyclic amines) is 1. The molecule has 7 N–H and O–H groups in total. The van der Waals surface area contributed by atoms with E-state index >= 15 is 0 Å². The lowest BCUT2D eigenvalue weighted by Gasteiger charge is -2.27. The topological polar surface area (TPSA) is 185 Å². The Bertz CT molecular complexity index is 625. The summed E-state index contributed by atoms with van der Waals surface area (Å²) in [6.07, 6.45) is 1.00. The number of primary amides is 1. The number of carbonyl (C=O) groups is 5. The molecule has 11 heteroatoms. The summed E-state index contributed by atoms with van der Waals surface area (Å²) in [4.78, 5) is 61.1. The molecule has 28 heavy (non-hydrogen) atoms. The molecule has 11 nitrogen and oxygen atoms in total. The van der Waals surface area contributed by atoms with Gasteiger partial charge in [-0.25, -0.2) is 4.79 Å². The Balaban J connectivity index is 2.91. The lowest BCUT2D eigenvalue weighted by Crippen LogP contribution is -2.57. The van der Waals surface area contributed by atoms with Crippen LogP contribution in [-0.4, -0.2) is 70.8 Å². The van der Waals surface area contributed by atoms with Crippen LogP contribution >= 0.6 is 0 Å². The number of hydrogen-bond donors (Lipinski definition) is 5. The molecule has 1 fully saturated rings. The minimum atomic E-state index is -1.34. The first kappa shape index (κ1) is 23.3. The number of nitrogens with one attached hydrogen (secondary N) is 2. The summed E-state index contributed by atoms with van der Waals surface area (Å²) in [5, 5.41) is 14.1. The van der Waals surface area contributed by atoms with Crippen molar-refractivity contribution < 1.29 is 29.1 Å². The van der Waals surface area contributed by atoms with Gasteiger partial charge in [-0.1, -0.05) is 20.3 Å². The highest BCUT2D eigenvalue weighted by Gasteiger charge is 2.36. The first-order valence-electron chi connectivity index (χ1n) is 9.23. The maximum absolute atomic E-state index is 12.6. The van der Waals surface area contributed by atoms with E-state index in [1.807, 2.05) is 0 Å². The van der Waals surface area contributed by atoms with Gasteiger partial charge >= 0.3 is 5.97 Å². The molecule has 1 aliphatic heterocycles. The first-order valence-corrected chi connectivity index (χ1v) is 9.23. The average molecular weight is 399 g/mol. The van der Waals surface area contributed by atoms with Crippen LogP contribution in [0.4, 0.5) is 0 Å². The summed E-state index contributed by atoms with van der Waals surface area (Å²) < 4.78 is 0. The summed E-state index contributed by atoms with van der Waals surface area (Å²) in [5.74, 6) is -4.25. The molecule has 0 aromatic carbocycles. The Morgan fingerprint density at radius 2 is 1.86 bits per heavy atom. The van der Waals surface area contributed by atoms with Gasteiger partial charge in [0.15, 0.2) is 0 Å². The fourth-order valence-electron chi connectivity index (χ4n) is 3.07. The molecule has 0 saturated carbocycles. The number of carboxylic acid groups (broad SMARTS) is 1. The molecule has 0 aromatic heterocycles. The zero-order chi connectivity index (χ0) is 21.4. The molecular weight excluding hydrogens is 370 g/mol. The lowest BCUT2D eigenvalue weighted by molar-refractivity contribution is -0.144. The highest BCUT2D eigenvalue weighted by Crippen LogP contribution is 2.17. The van der Waals surface area contributed by atoms with E-state index < -0.39 is 54.1 Å². The molecule has 1 aliphatic rings. The summed E-state index contributed by atoms with van der Waals surface area (Å²) >= 11 is 0. The Labute approximate surface area is 163 Å². The number of rotatable bonds is 10. The Kier molecular flexibility index (Phi) is 8.83. The predicted octanol–water partition coefficient (Wildman–Crippen LogP) is -2.09. The van der Waals surface area contributed by atoms with Crippen molar-refractivity contribution in [2.75, 3.05) is 13.1 Å². The van der Waals surface area contributed by atoms with Crippen LogP contribution in [0.15, 0.2) is 0 Å². The van der Waals surface area contributed by atoms with Crippen LogP contribution in [0.25, 0.3) is 0 Å². The van der Waals surface area contributed by atoms with E-state index in [1.54, 1.807) is 13.8 Å². The third kappa shape index (κ3) is 6.19. The van der Waals surface area contributed by atoms with Crippen molar-refractivity contribution in [3.63, 3.8) is 0 Å². The maximum atomic E-state index is 12.6. The van der Waals surface area contributed by atoms with Gasteiger partial charge in [0.05, 0.1) is 13.0 Å². The highest BCUT2D eigenvalue weighted by molar-refractivity contribution is 5.96. The lowest BCUT2D eigenvalue weighted by atomic mass is 9.98. The van der Waals surface area contributed by atoms with Gasteiger partial charge in [-0.2, -0.15) is 0 Å². The molecule has 1 saturated heterocycles. The second kappa shape index (κ2) is 10.6. The number of carbonyl (C=O) groups excluding carboxylic acids is 4. The van der Waals surface area contributed by atoms with Gasteiger partial charge in [0.25, 0.3) is 0 Å². The van der Waals surface area contributed by atoms with Gasteiger partial charge in [-0.3, -0.25) is 19.2 Å². The summed E-state index contributed by atoms with van der Waals surface area (Å²) in [7, 11) is 0. The van der Waals surface area contributed by atoms with Gasteiger partial charge in [0, 0.05) is 6.54 Å². The average Bonchev–Trinajstić information content (AvgIpc) is 3.13. The van der Waals surface area contributed by atoms with Crippen LogP contribution in [0.2, 0.25) is 0 Å². The fraction of sp³-hybridized carbons (Fsp3) is 0.706. The molecule has 1 heterocycles. The Morgan fingerprint density at radius 1 is 1.21 bits per heavy atom. The van der Waals surface area contributed by atoms with Crippen LogP contribution in [0.5, 0.6) is 0 Å². The van der Waals surface area contributed by atoms with Crippen molar-refractivity contribution in [1.82, 2.24) is 15.5 Å². The summed E-state index contributed by atoms with van der Waals surface area (Å²) in [6, 6.07) is -3.32. The van der Waals surface area contributed by atoms with E-state index in [9.17, 15) is 29.1 Å². The van der Waals surface area contributed by atoms with E-state index in [0.717, 1.165) is 0 Å². The number of amides is 4. The molecule has 158 valence electrons. The van der Waals surface area contributed by atoms with Gasteiger partial charge in [-0.05, 0) is 18.8 Å². The maximum Gasteiger partial charge on any atom is 0.326 e. The second-order valence-electron chi connectivity index (χ2n) is 6.89. The molecule has 0 aromatic rings. The second-order valence-corrected chi connectivity index (χ2v) is 6.89. The minimum Gasteiger partial charge on any atom is -0.480 e. The molecule has 1 rings (SSSR count). The molecule has 0 radical (unpaired) electrons. The van der Waals surface area contributed by atoms with E-state index in [2.05, 4.69) is 10.6 Å². The van der Waals surface area contributed by atoms with Crippen molar-refractivity contribution >= 4 is 29.6 Å². The molecule has 0 spiro atoms. The number of aliphatic carboxylic acids is 1. The molecule has 0 aliphatic carbocycles. The molecule has 4 atom stereocenters. The van der Waals surface area contributed by atoms with Crippen LogP contribution in [0.1, 0.15) is 39.5 Å². The number of hydrogen-bond acceptors (Lipinski definition) is 6. The largest absolute Gasteiger partial charge is 0.480 e. The van der Waals surface area contributed by atoms with Crippen LogP contribution in [-0.2, 0) is 24.0 Å². The highest BCUT2D eigenvalue weighted by atomic mass is 16.4. The fourth-order valence-corrected chi connectivity index (χ4v) is 3.07. The van der Waals surface area contributed by atoms with Gasteiger partial charge in [-0.15, -0.1) is 0 Å². The molecule has 0 bridgehead atoms. The van der Waals surface area contributed by atoms with E-state index in [-0.39, 0.29) is 12.5 Å². The first-order chi connectivity index (χ1) is 13.1. The van der Waals surface area contributed by atoms with Crippen molar-refractivity contribution in [1.29, 1.82) is 0 Å². The Hall–Kier alpha value is -2.69. The van der Waals surface area contributed by atoms with E-state index in [1.165, 1.54) is 4.90 Å². The third-order valence-electron chi connectivity index (χ3n) is 4.87. The number of carboxylic acids is 1. The third-order valence-corrected chi connectivity index (χ3v) is 4.87. The van der Waals surface area contributed by atoms with E-state index in [0.29, 0.717) is 25.8 Å². The van der Waals surface area contributed by atoms with Gasteiger partial charge < -0.3 is 32.1 Å². The summed E-state index contributed by atoms with van der Waals surface area (Å²) in [5.41, 5.74) is 10.5. The zero-order valence-electron chi connectivity index (χ0n) is 16.1. The predicted molar refractivity (Wildman–Crippen MR) is 98.6 cm³/mol. The molecular formula is C17H29N5O6. The SMILES string of the molecule is CCC(C)C(NC(=O)C(CC(N)=O)NC(=O)C1CCCN1C(=O)CN)C(=O)O. The number of nitrogens with zero attached hydrogens (tertiary/aromatic N) is 1. The van der Waals surface area contributed by atoms with Gasteiger partial charge in [0.1, 0.15) is 18.1 Å². The standard InChI is InChI=1S/C17H29N5O6/c1-3-9(2)14(17(27)28)21-15(25)10(7-12(19)23)20-16(26)11-5-4-6-22(11)13(24)8-18/h9-11,14H,3-8,18H2,1-2H3,(H2,19,23)(H,20,26)(H,21,25)(H,27,28). The van der Waals surface area contributed by atoms with Crippen LogP contribution < -0.4 is 22.1 Å². The van der Waals surface area contributed by atoms with Crippen LogP contribution in [0, 0.1) is 5.92 Å². The van der Waals surface area contributed by atoms with Crippen LogP contribution in [0.3, 0.4) is 0 Å². The van der Waals surface area contributed by atoms with Crippen molar-refractivity contribution in [3.8, 4) is 0 Å². The van der Waals surface area contributed by atoms with Crippen molar-refractivity contribution in [2.24, 2.45) is 17.4 Å². The zero-order valence-corrected chi connectivity index (χ0v) is 16.1. The molecule has 4 amide bonds. The monoisotopic (exact) mass is 399 g/mol. The van der Waals surface area contributed by atoms with Crippen molar-refractivity contribution in [2.45, 2.75) is 57.7 Å². The van der Waals surface area contributed by atoms with E-state index in [4.69, 9.17) is 11.5 Å². The summed E-state index contributed by atoms with van der Waals surface area (Å²) in [6.45, 7) is 3.56. The number of nitrogens with two attached hydrogens (primary N) is 2. The normalized spacial score (nSPS) is 19.4. The van der Waals surface area contributed by atoms with Crippen molar-refractivity contribution in [3.05, 3.63) is 0 Å². The quantitative estimate of drug-likeness (QED) is 0.279. The smallest absolute Gasteiger partial charge is 0.326 e. The van der Waals surface area contributed by atoms with Gasteiger partial charge in [0.2, 0.25) is 23.6 Å². The minimum absolute atomic E-state index is 0.246. The molecule has 4 unspecified atom stereocenters.